The molecule has 0 heterocycles. The van der Waals surface area contributed by atoms with Gasteiger partial charge in [0, 0.05) is 26.7 Å². The topological polar surface area (TPSA) is 122 Å². The van der Waals surface area contributed by atoms with Crippen LogP contribution in [0.25, 0.3) is 0 Å². The van der Waals surface area contributed by atoms with E-state index in [4.69, 9.17) is 5.84 Å². The second kappa shape index (κ2) is 8.18. The number of hydrogen-bond acceptors (Lipinski definition) is 5. The first-order valence-electron chi connectivity index (χ1n) is 5.48. The molecule has 0 unspecified atom stereocenters. The maximum atomic E-state index is 11.3. The number of nitrogens with one attached hydrogen (secondary N) is 2. The minimum atomic E-state index is -0.525. The van der Waals surface area contributed by atoms with Crippen LogP contribution in [0, 0.1) is 0 Å². The highest BCUT2D eigenvalue weighted by Crippen LogP contribution is 2.01. The quantitative estimate of drug-likeness (QED) is 0.252. The average Bonchev–Trinajstić information content (AvgIpc) is 2.30. The van der Waals surface area contributed by atoms with E-state index in [0.29, 0.717) is 17.9 Å². The molecule has 0 atom stereocenters. The van der Waals surface area contributed by atoms with Gasteiger partial charge in [-0.3, -0.25) is 30.0 Å². The van der Waals surface area contributed by atoms with Gasteiger partial charge in [-0.25, -0.2) is 10.9 Å². The van der Waals surface area contributed by atoms with Gasteiger partial charge in [0.25, 0.3) is 0 Å². The minimum absolute atomic E-state index is 0.101. The predicted octanol–water partition coefficient (Wildman–Crippen LogP) is -1.04. The van der Waals surface area contributed by atoms with E-state index >= 15 is 0 Å². The average molecular weight is 258 g/mol. The van der Waals surface area contributed by atoms with Crippen LogP contribution in [-0.2, 0) is 19.2 Å². The molecule has 0 aromatic rings. The van der Waals surface area contributed by atoms with E-state index in [1.165, 1.54) is 13.8 Å². The van der Waals surface area contributed by atoms with E-state index in [0.717, 1.165) is 0 Å². The number of carbonyl (C=O) groups excluding carboxylic acids is 4. The Morgan fingerprint density at radius 2 is 1.56 bits per heavy atom. The summed E-state index contributed by atoms with van der Waals surface area (Å²) in [7, 11) is 0. The van der Waals surface area contributed by atoms with Crippen LogP contribution >= 0.6 is 0 Å². The Bertz CT molecular complexity index is 343. The van der Waals surface area contributed by atoms with E-state index < -0.39 is 11.8 Å². The number of hydrogen-bond donors (Lipinski definition) is 3. The Labute approximate surface area is 105 Å². The maximum Gasteiger partial charge on any atom is 0.243 e. The van der Waals surface area contributed by atoms with Gasteiger partial charge >= 0.3 is 0 Å². The van der Waals surface area contributed by atoms with Gasteiger partial charge in [0.2, 0.25) is 23.6 Å². The molecule has 0 aromatic carbocycles. The predicted molar refractivity (Wildman–Crippen MR) is 62.1 cm³/mol. The van der Waals surface area contributed by atoms with Crippen molar-refractivity contribution >= 4 is 23.6 Å². The van der Waals surface area contributed by atoms with Crippen molar-refractivity contribution in [3.8, 4) is 0 Å². The van der Waals surface area contributed by atoms with E-state index in [2.05, 4.69) is 10.9 Å². The molecule has 4 amide bonds. The third-order valence-corrected chi connectivity index (χ3v) is 2.03. The largest absolute Gasteiger partial charge is 0.274 e. The van der Waals surface area contributed by atoms with E-state index in [1.807, 2.05) is 0 Å². The summed E-state index contributed by atoms with van der Waals surface area (Å²) in [6.07, 6.45) is 1.18. The van der Waals surface area contributed by atoms with Crippen molar-refractivity contribution in [1.82, 2.24) is 15.9 Å². The van der Waals surface area contributed by atoms with Crippen molar-refractivity contribution in [2.24, 2.45) is 5.84 Å². The Kier molecular flexibility index (Phi) is 7.29. The number of unbranched alkanes of at least 4 members (excludes halogenated alkanes) is 1. The van der Waals surface area contributed by atoms with Crippen LogP contribution in [0.2, 0.25) is 0 Å². The highest BCUT2D eigenvalue weighted by Gasteiger charge is 2.13. The third kappa shape index (κ3) is 7.34. The standard InChI is InChI=1S/C10H18N4O4/c1-7(15)12-13-9(17)5-3-4-6-10(18)14(11)8(2)16/h3-6,11H2,1-2H3,(H,12,15)(H,13,17). The van der Waals surface area contributed by atoms with E-state index in [1.54, 1.807) is 0 Å². The van der Waals surface area contributed by atoms with Gasteiger partial charge in [0.05, 0.1) is 0 Å². The van der Waals surface area contributed by atoms with Gasteiger partial charge in [-0.1, -0.05) is 0 Å². The zero-order chi connectivity index (χ0) is 14.1. The van der Waals surface area contributed by atoms with Crippen LogP contribution in [0.15, 0.2) is 0 Å². The van der Waals surface area contributed by atoms with Crippen molar-refractivity contribution < 1.29 is 19.2 Å². The normalized spacial score (nSPS) is 9.50. The lowest BCUT2D eigenvalue weighted by Gasteiger charge is -2.11. The molecular weight excluding hydrogens is 240 g/mol. The van der Waals surface area contributed by atoms with E-state index in [9.17, 15) is 19.2 Å². The van der Waals surface area contributed by atoms with Gasteiger partial charge in [0.1, 0.15) is 0 Å². The molecule has 0 aromatic heterocycles. The Balaban J connectivity index is 3.67. The summed E-state index contributed by atoms with van der Waals surface area (Å²) < 4.78 is 0. The summed E-state index contributed by atoms with van der Waals surface area (Å²) in [5, 5.41) is 0.553. The molecule has 0 bridgehead atoms. The number of amides is 4. The molecule has 0 aliphatic carbocycles. The lowest BCUT2D eigenvalue weighted by Crippen LogP contribution is -2.41. The van der Waals surface area contributed by atoms with E-state index in [-0.39, 0.29) is 24.7 Å². The van der Waals surface area contributed by atoms with Crippen molar-refractivity contribution in [1.29, 1.82) is 0 Å². The number of rotatable bonds is 5. The smallest absolute Gasteiger partial charge is 0.243 e. The molecule has 0 spiro atoms. The molecule has 0 rings (SSSR count). The summed E-state index contributed by atoms with van der Waals surface area (Å²) in [6, 6.07) is 0. The molecule has 102 valence electrons. The number of hydrazine groups is 2. The van der Waals surface area contributed by atoms with Crippen LogP contribution in [0.3, 0.4) is 0 Å². The Morgan fingerprint density at radius 3 is 2.06 bits per heavy atom. The second-order valence-electron chi connectivity index (χ2n) is 3.72. The fourth-order valence-electron chi connectivity index (χ4n) is 1.08. The maximum absolute atomic E-state index is 11.3. The molecule has 4 N–H and O–H groups in total. The summed E-state index contributed by atoms with van der Waals surface area (Å²) >= 11 is 0. The molecule has 18 heavy (non-hydrogen) atoms. The summed E-state index contributed by atoms with van der Waals surface area (Å²) in [4.78, 5) is 43.6. The fourth-order valence-corrected chi connectivity index (χ4v) is 1.08. The highest BCUT2D eigenvalue weighted by molar-refractivity contribution is 5.93. The third-order valence-electron chi connectivity index (χ3n) is 2.03. The molecule has 8 heteroatoms. The molecule has 0 saturated heterocycles. The van der Waals surface area contributed by atoms with Crippen molar-refractivity contribution in [2.75, 3.05) is 0 Å². The van der Waals surface area contributed by atoms with Crippen molar-refractivity contribution in [3.63, 3.8) is 0 Å². The van der Waals surface area contributed by atoms with Gasteiger partial charge < -0.3 is 0 Å². The zero-order valence-electron chi connectivity index (χ0n) is 10.5. The molecule has 0 saturated carbocycles. The molecular formula is C10H18N4O4. The number of nitrogens with two attached hydrogens (primary N) is 1. The van der Waals surface area contributed by atoms with Crippen molar-refractivity contribution in [3.05, 3.63) is 0 Å². The fraction of sp³-hybridized carbons (Fsp3) is 0.600. The van der Waals surface area contributed by atoms with Crippen molar-refractivity contribution in [2.45, 2.75) is 39.5 Å². The Hall–Kier alpha value is -1.96. The van der Waals surface area contributed by atoms with Crippen LogP contribution in [-0.4, -0.2) is 28.6 Å². The molecule has 0 fully saturated rings. The first-order chi connectivity index (χ1) is 8.34. The molecule has 0 aliphatic heterocycles. The van der Waals surface area contributed by atoms with Gasteiger partial charge in [-0.2, -0.15) is 0 Å². The highest BCUT2D eigenvalue weighted by atomic mass is 16.2. The zero-order valence-corrected chi connectivity index (χ0v) is 10.5. The summed E-state index contributed by atoms with van der Waals surface area (Å²) in [5.74, 6) is 3.48. The van der Waals surface area contributed by atoms with Gasteiger partial charge in [-0.05, 0) is 12.8 Å². The summed E-state index contributed by atoms with van der Waals surface area (Å²) in [6.45, 7) is 2.47. The van der Waals surface area contributed by atoms with Crippen LogP contribution in [0.1, 0.15) is 39.5 Å². The molecule has 0 aliphatic rings. The summed E-state index contributed by atoms with van der Waals surface area (Å²) in [5.41, 5.74) is 4.35. The van der Waals surface area contributed by atoms with Gasteiger partial charge in [-0.15, -0.1) is 0 Å². The second-order valence-corrected chi connectivity index (χ2v) is 3.72. The van der Waals surface area contributed by atoms with Crippen LogP contribution in [0.4, 0.5) is 0 Å². The lowest BCUT2D eigenvalue weighted by molar-refractivity contribution is -0.144. The van der Waals surface area contributed by atoms with Gasteiger partial charge in [0.15, 0.2) is 0 Å². The molecule has 0 radical (unpaired) electrons. The number of carbonyl (C=O) groups is 4. The number of imide groups is 1. The Morgan fingerprint density at radius 1 is 1.00 bits per heavy atom. The SMILES string of the molecule is CC(=O)NNC(=O)CCCCC(=O)N(N)C(C)=O. The minimum Gasteiger partial charge on any atom is -0.274 e. The lowest BCUT2D eigenvalue weighted by atomic mass is 10.2. The number of nitrogens with zero attached hydrogens (tertiary/aromatic N) is 1. The molecule has 8 nitrogen and oxygen atoms in total. The first kappa shape index (κ1) is 16.0. The first-order valence-corrected chi connectivity index (χ1v) is 5.48. The van der Waals surface area contributed by atoms with Crippen LogP contribution in [0.5, 0.6) is 0 Å². The monoisotopic (exact) mass is 258 g/mol. The van der Waals surface area contributed by atoms with Crippen LogP contribution < -0.4 is 16.7 Å².